The topological polar surface area (TPSA) is 3.24 Å². The Morgan fingerprint density at radius 2 is 1.18 bits per heavy atom. The summed E-state index contributed by atoms with van der Waals surface area (Å²) in [5.41, 5.74) is 1.34. The van der Waals surface area contributed by atoms with Crippen molar-refractivity contribution in [2.24, 2.45) is 0 Å². The van der Waals surface area contributed by atoms with Gasteiger partial charge in [0, 0.05) is 14.6 Å². The number of hydrogen-bond acceptors (Lipinski definition) is 1. The molecule has 0 aliphatic heterocycles. The number of nitrogens with zero attached hydrogens (tertiary/aromatic N) is 1. The summed E-state index contributed by atoms with van der Waals surface area (Å²) in [7, 11) is -2.78. The predicted octanol–water partition coefficient (Wildman–Crippen LogP) is 5.69. The van der Waals surface area contributed by atoms with Crippen molar-refractivity contribution in [3.63, 3.8) is 0 Å². The van der Waals surface area contributed by atoms with Crippen LogP contribution < -0.4 is 4.23 Å². The second kappa shape index (κ2) is 5.19. The van der Waals surface area contributed by atoms with E-state index in [0.29, 0.717) is 0 Å². The van der Waals surface area contributed by atoms with E-state index in [1.807, 2.05) is 0 Å². The number of halogens is 2. The SMILES string of the molecule is C[Si](C)(C)N(c1c(Br)cccc1Br)[Si](C)(C)C. The van der Waals surface area contributed by atoms with Crippen molar-refractivity contribution >= 4 is 54.0 Å². The van der Waals surface area contributed by atoms with E-state index in [2.05, 4.69) is 93.6 Å². The van der Waals surface area contributed by atoms with E-state index in [-0.39, 0.29) is 0 Å². The maximum absolute atomic E-state index is 3.71. The zero-order valence-corrected chi connectivity index (χ0v) is 16.6. The first-order valence-electron chi connectivity index (χ1n) is 5.79. The zero-order chi connectivity index (χ0) is 13.4. The third-order valence-electron chi connectivity index (χ3n) is 2.50. The monoisotopic (exact) mass is 393 g/mol. The van der Waals surface area contributed by atoms with Crippen LogP contribution in [0.4, 0.5) is 5.69 Å². The fraction of sp³-hybridized carbons (Fsp3) is 0.500. The highest BCUT2D eigenvalue weighted by atomic mass is 79.9. The minimum absolute atomic E-state index is 1.19. The highest BCUT2D eigenvalue weighted by Crippen LogP contribution is 2.39. The zero-order valence-electron chi connectivity index (χ0n) is 11.4. The van der Waals surface area contributed by atoms with Gasteiger partial charge in [-0.05, 0) is 44.0 Å². The van der Waals surface area contributed by atoms with Crippen LogP contribution in [-0.4, -0.2) is 16.5 Å². The third-order valence-corrected chi connectivity index (χ3v) is 10.9. The van der Waals surface area contributed by atoms with Gasteiger partial charge in [-0.3, -0.25) is 0 Å². The lowest BCUT2D eigenvalue weighted by molar-refractivity contribution is 1.33. The Balaban J connectivity index is 3.44. The molecule has 0 bridgehead atoms. The molecule has 96 valence electrons. The molecule has 17 heavy (non-hydrogen) atoms. The Hall–Kier alpha value is 0.414. The largest absolute Gasteiger partial charge is 0.423 e. The Kier molecular flexibility index (Phi) is 4.72. The summed E-state index contributed by atoms with van der Waals surface area (Å²) in [5.74, 6) is 0. The number of anilines is 1. The number of benzene rings is 1. The highest BCUT2D eigenvalue weighted by molar-refractivity contribution is 9.11. The summed E-state index contributed by atoms with van der Waals surface area (Å²) in [6.45, 7) is 14.5. The standard InChI is InChI=1S/C12H21Br2NSi2/c1-16(2,3)15(17(4,5)6)12-10(13)8-7-9-11(12)14/h7-9H,1-6H3. The molecule has 0 spiro atoms. The van der Waals surface area contributed by atoms with Crippen LogP contribution in [0.5, 0.6) is 0 Å². The Morgan fingerprint density at radius 3 is 1.47 bits per heavy atom. The first-order valence-corrected chi connectivity index (χ1v) is 14.3. The molecular weight excluding hydrogens is 374 g/mol. The summed E-state index contributed by atoms with van der Waals surface area (Å²) in [6, 6.07) is 6.34. The second-order valence-corrected chi connectivity index (χ2v) is 18.0. The molecule has 0 N–H and O–H groups in total. The molecule has 1 rings (SSSR count). The number of rotatable bonds is 3. The Labute approximate surface area is 124 Å². The van der Waals surface area contributed by atoms with Gasteiger partial charge in [-0.25, -0.2) is 0 Å². The van der Waals surface area contributed by atoms with Gasteiger partial charge in [-0.2, -0.15) is 0 Å². The molecule has 0 radical (unpaired) electrons. The molecule has 1 aromatic rings. The van der Waals surface area contributed by atoms with Crippen LogP contribution in [0.3, 0.4) is 0 Å². The van der Waals surface area contributed by atoms with Crippen molar-refractivity contribution < 1.29 is 0 Å². The molecule has 0 atom stereocenters. The van der Waals surface area contributed by atoms with Crippen LogP contribution in [-0.2, 0) is 0 Å². The first-order chi connectivity index (χ1) is 7.55. The van der Waals surface area contributed by atoms with E-state index in [1.54, 1.807) is 0 Å². The summed E-state index contributed by atoms with van der Waals surface area (Å²) in [5, 5.41) is 0. The van der Waals surface area contributed by atoms with E-state index in [4.69, 9.17) is 0 Å². The van der Waals surface area contributed by atoms with Gasteiger partial charge in [0.2, 0.25) is 0 Å². The quantitative estimate of drug-likeness (QED) is 0.595. The van der Waals surface area contributed by atoms with Crippen LogP contribution in [0.25, 0.3) is 0 Å². The van der Waals surface area contributed by atoms with Crippen molar-refractivity contribution in [1.82, 2.24) is 0 Å². The van der Waals surface area contributed by atoms with Crippen molar-refractivity contribution in [1.29, 1.82) is 0 Å². The molecule has 0 aromatic heterocycles. The Bertz CT molecular complexity index is 374. The lowest BCUT2D eigenvalue weighted by Crippen LogP contribution is -2.59. The lowest BCUT2D eigenvalue weighted by Gasteiger charge is -2.46. The summed E-state index contributed by atoms with van der Waals surface area (Å²) in [6.07, 6.45) is 0. The predicted molar refractivity (Wildman–Crippen MR) is 91.0 cm³/mol. The number of hydrogen-bond donors (Lipinski definition) is 0. The molecule has 0 aliphatic carbocycles. The molecule has 5 heteroatoms. The van der Waals surface area contributed by atoms with Crippen LogP contribution in [0.2, 0.25) is 39.3 Å². The van der Waals surface area contributed by atoms with Crippen LogP contribution in [0.1, 0.15) is 0 Å². The van der Waals surface area contributed by atoms with Gasteiger partial charge in [0.05, 0.1) is 0 Å². The second-order valence-electron chi connectivity index (χ2n) is 6.25. The van der Waals surface area contributed by atoms with Gasteiger partial charge < -0.3 is 4.23 Å². The molecule has 0 unspecified atom stereocenters. The highest BCUT2D eigenvalue weighted by Gasteiger charge is 2.36. The average Bonchev–Trinajstić information content (AvgIpc) is 2.06. The van der Waals surface area contributed by atoms with Crippen molar-refractivity contribution in [3.8, 4) is 0 Å². The average molecular weight is 395 g/mol. The van der Waals surface area contributed by atoms with Gasteiger partial charge in [0.15, 0.2) is 0 Å². The van der Waals surface area contributed by atoms with Gasteiger partial charge in [-0.15, -0.1) is 0 Å². The molecule has 0 saturated carbocycles. The smallest absolute Gasteiger partial charge is 0.138 e. The van der Waals surface area contributed by atoms with E-state index >= 15 is 0 Å². The maximum Gasteiger partial charge on any atom is 0.138 e. The minimum atomic E-state index is -1.39. The molecule has 0 amide bonds. The van der Waals surface area contributed by atoms with Crippen LogP contribution in [0, 0.1) is 0 Å². The van der Waals surface area contributed by atoms with Gasteiger partial charge in [-0.1, -0.05) is 45.3 Å². The third kappa shape index (κ3) is 3.69. The van der Waals surface area contributed by atoms with E-state index in [0.717, 1.165) is 0 Å². The summed E-state index contributed by atoms with van der Waals surface area (Å²) >= 11 is 7.41. The molecule has 0 aliphatic rings. The van der Waals surface area contributed by atoms with Crippen molar-refractivity contribution in [3.05, 3.63) is 27.1 Å². The molecule has 0 saturated heterocycles. The van der Waals surface area contributed by atoms with E-state index < -0.39 is 16.5 Å². The normalized spacial score (nSPS) is 12.7. The van der Waals surface area contributed by atoms with Gasteiger partial charge in [0.1, 0.15) is 16.5 Å². The van der Waals surface area contributed by atoms with Crippen LogP contribution in [0.15, 0.2) is 27.1 Å². The lowest BCUT2D eigenvalue weighted by atomic mass is 10.3. The fourth-order valence-corrected chi connectivity index (χ4v) is 14.3. The van der Waals surface area contributed by atoms with Gasteiger partial charge in [0.25, 0.3) is 0 Å². The molecular formula is C12H21Br2NSi2. The fourth-order valence-electron chi connectivity index (χ4n) is 2.38. The molecule has 1 nitrogen and oxygen atoms in total. The van der Waals surface area contributed by atoms with E-state index in [1.165, 1.54) is 14.6 Å². The Morgan fingerprint density at radius 1 is 0.824 bits per heavy atom. The minimum Gasteiger partial charge on any atom is -0.423 e. The van der Waals surface area contributed by atoms with Gasteiger partial charge >= 0.3 is 0 Å². The summed E-state index contributed by atoms with van der Waals surface area (Å²) < 4.78 is 5.10. The van der Waals surface area contributed by atoms with Crippen LogP contribution >= 0.6 is 31.9 Å². The molecule has 0 heterocycles. The van der Waals surface area contributed by atoms with E-state index in [9.17, 15) is 0 Å². The molecule has 0 fully saturated rings. The maximum atomic E-state index is 3.71. The first kappa shape index (κ1) is 15.5. The summed E-state index contributed by atoms with van der Waals surface area (Å²) in [4.78, 5) is 0. The number of para-hydroxylation sites is 1. The van der Waals surface area contributed by atoms with Crippen molar-refractivity contribution in [2.45, 2.75) is 39.3 Å². The molecule has 1 aromatic carbocycles. The van der Waals surface area contributed by atoms with Crippen molar-refractivity contribution in [2.75, 3.05) is 4.23 Å².